The first-order valence-electron chi connectivity index (χ1n) is 8.07. The number of aryl methyl sites for hydroxylation is 1. The van der Waals surface area contributed by atoms with Crippen molar-refractivity contribution < 1.29 is 9.90 Å². The minimum absolute atomic E-state index is 0.0646. The number of rotatable bonds is 6. The molecule has 0 bridgehead atoms. The average molecular weight is 346 g/mol. The lowest BCUT2D eigenvalue weighted by Gasteiger charge is -2.28. The van der Waals surface area contributed by atoms with Gasteiger partial charge in [0.2, 0.25) is 5.91 Å². The van der Waals surface area contributed by atoms with Gasteiger partial charge >= 0.3 is 0 Å². The number of aromatic amines is 1. The molecule has 0 radical (unpaired) electrons. The van der Waals surface area contributed by atoms with Crippen LogP contribution in [0.1, 0.15) is 25.3 Å². The smallest absolute Gasteiger partial charge is 0.240 e. The number of aliphatic hydroxyl groups is 1. The first-order valence-corrected chi connectivity index (χ1v) is 8.48. The van der Waals surface area contributed by atoms with Crippen molar-refractivity contribution >= 4 is 18.1 Å². The maximum atomic E-state index is 12.5. The van der Waals surface area contributed by atoms with Gasteiger partial charge in [-0.25, -0.2) is 0 Å². The van der Waals surface area contributed by atoms with Crippen LogP contribution in [0.4, 0.5) is 0 Å². The van der Waals surface area contributed by atoms with E-state index in [2.05, 4.69) is 15.5 Å². The lowest BCUT2D eigenvalue weighted by Crippen LogP contribution is -2.51. The number of hydrogen-bond acceptors (Lipinski definition) is 4. The van der Waals surface area contributed by atoms with Crippen molar-refractivity contribution in [3.63, 3.8) is 0 Å². The van der Waals surface area contributed by atoms with E-state index in [-0.39, 0.29) is 19.1 Å². The van der Waals surface area contributed by atoms with E-state index in [1.807, 2.05) is 38.1 Å². The topological polar surface area (TPSA) is 82.9 Å². The Morgan fingerprint density at radius 1 is 1.54 bits per heavy atom. The number of aromatic nitrogens is 3. The third-order valence-electron chi connectivity index (χ3n) is 4.57. The number of carbonyl (C=O) groups excluding carboxylic acids is 1. The molecule has 2 aromatic rings. The summed E-state index contributed by atoms with van der Waals surface area (Å²) in [4.78, 5) is 12.5. The fraction of sp³-hybridized carbons (Fsp3) is 0.471. The molecule has 0 saturated heterocycles. The first-order chi connectivity index (χ1) is 11.4. The molecule has 3 N–H and O–H groups in total. The lowest BCUT2D eigenvalue weighted by atomic mass is 9.97. The van der Waals surface area contributed by atoms with Gasteiger partial charge in [-0.15, -0.1) is 0 Å². The monoisotopic (exact) mass is 346 g/mol. The molecule has 1 saturated carbocycles. The number of nitrogens with zero attached hydrogens (tertiary/aromatic N) is 2. The highest BCUT2D eigenvalue weighted by atomic mass is 32.1. The van der Waals surface area contributed by atoms with Gasteiger partial charge in [0, 0.05) is 5.56 Å². The number of hydrogen-bond donors (Lipinski definition) is 3. The van der Waals surface area contributed by atoms with Crippen molar-refractivity contribution in [2.45, 2.75) is 38.8 Å². The van der Waals surface area contributed by atoms with E-state index in [9.17, 15) is 9.90 Å². The molecule has 6 nitrogen and oxygen atoms in total. The molecule has 1 atom stereocenters. The second kappa shape index (κ2) is 6.49. The highest BCUT2D eigenvalue weighted by Gasteiger charge is 2.42. The Labute approximate surface area is 145 Å². The van der Waals surface area contributed by atoms with Crippen LogP contribution < -0.4 is 5.32 Å². The quantitative estimate of drug-likeness (QED) is 0.700. The summed E-state index contributed by atoms with van der Waals surface area (Å²) in [6, 6.07) is 7.89. The van der Waals surface area contributed by atoms with Gasteiger partial charge in [0.15, 0.2) is 10.6 Å². The summed E-state index contributed by atoms with van der Waals surface area (Å²) in [5, 5.41) is 19.6. The highest BCUT2D eigenvalue weighted by Crippen LogP contribution is 2.39. The van der Waals surface area contributed by atoms with Gasteiger partial charge in [0.1, 0.15) is 6.54 Å². The zero-order chi connectivity index (χ0) is 17.3. The van der Waals surface area contributed by atoms with Gasteiger partial charge < -0.3 is 10.4 Å². The molecule has 128 valence electrons. The molecule has 1 heterocycles. The van der Waals surface area contributed by atoms with Crippen molar-refractivity contribution in [2.24, 2.45) is 5.92 Å². The molecule has 1 aromatic heterocycles. The van der Waals surface area contributed by atoms with Crippen molar-refractivity contribution in [1.29, 1.82) is 0 Å². The van der Waals surface area contributed by atoms with Gasteiger partial charge in [-0.2, -0.15) is 5.10 Å². The van der Waals surface area contributed by atoms with Crippen molar-refractivity contribution in [3.8, 4) is 11.4 Å². The number of aliphatic hydroxyl groups excluding tert-OH is 1. The van der Waals surface area contributed by atoms with Crippen LogP contribution in [0.3, 0.4) is 0 Å². The third kappa shape index (κ3) is 3.42. The second-order valence-corrected chi connectivity index (χ2v) is 7.09. The van der Waals surface area contributed by atoms with E-state index in [4.69, 9.17) is 12.2 Å². The van der Waals surface area contributed by atoms with Gasteiger partial charge in [-0.05, 0) is 50.9 Å². The van der Waals surface area contributed by atoms with E-state index < -0.39 is 5.54 Å². The summed E-state index contributed by atoms with van der Waals surface area (Å²) in [5.41, 5.74) is 1.45. The first kappa shape index (κ1) is 16.9. The minimum Gasteiger partial charge on any atom is -0.394 e. The molecule has 1 unspecified atom stereocenters. The predicted molar refractivity (Wildman–Crippen MR) is 93.9 cm³/mol. The molecule has 1 amide bonds. The summed E-state index contributed by atoms with van der Waals surface area (Å²) in [5.74, 6) is 0.806. The predicted octanol–water partition coefficient (Wildman–Crippen LogP) is 2.19. The fourth-order valence-corrected chi connectivity index (χ4v) is 3.16. The van der Waals surface area contributed by atoms with Crippen molar-refractivity contribution in [2.75, 3.05) is 6.61 Å². The van der Waals surface area contributed by atoms with Crippen LogP contribution in [0.15, 0.2) is 24.3 Å². The van der Waals surface area contributed by atoms with Gasteiger partial charge in [0.25, 0.3) is 0 Å². The molecule has 1 fully saturated rings. The van der Waals surface area contributed by atoms with E-state index in [1.54, 1.807) is 4.57 Å². The van der Waals surface area contributed by atoms with Crippen molar-refractivity contribution in [1.82, 2.24) is 20.1 Å². The molecule has 1 aliphatic carbocycles. The van der Waals surface area contributed by atoms with Gasteiger partial charge in [-0.1, -0.05) is 23.8 Å². The standard InChI is InChI=1S/C17H22N4O2S/c1-11-4-3-5-12(8-11)15-19-20-16(24)21(15)9-14(23)18-17(2,10-22)13-6-7-13/h3-5,8,13,22H,6-7,9-10H2,1-2H3,(H,18,23)(H,20,24). The molecule has 7 heteroatoms. The second-order valence-electron chi connectivity index (χ2n) is 6.71. The molecule has 1 aliphatic rings. The third-order valence-corrected chi connectivity index (χ3v) is 4.88. The maximum Gasteiger partial charge on any atom is 0.240 e. The van der Waals surface area contributed by atoms with E-state index >= 15 is 0 Å². The zero-order valence-corrected chi connectivity index (χ0v) is 14.7. The molecule has 1 aromatic carbocycles. The largest absolute Gasteiger partial charge is 0.394 e. The summed E-state index contributed by atoms with van der Waals surface area (Å²) in [6.07, 6.45) is 2.08. The van der Waals surface area contributed by atoms with Crippen LogP contribution in [-0.2, 0) is 11.3 Å². The molecular formula is C17H22N4O2S. The summed E-state index contributed by atoms with van der Waals surface area (Å²) < 4.78 is 2.09. The summed E-state index contributed by atoms with van der Waals surface area (Å²) in [7, 11) is 0. The summed E-state index contributed by atoms with van der Waals surface area (Å²) >= 11 is 5.27. The van der Waals surface area contributed by atoms with Crippen LogP contribution in [-0.4, -0.2) is 37.9 Å². The number of benzene rings is 1. The Morgan fingerprint density at radius 3 is 2.92 bits per heavy atom. The Balaban J connectivity index is 1.81. The molecule has 3 rings (SSSR count). The van der Waals surface area contributed by atoms with Gasteiger partial charge in [-0.3, -0.25) is 14.5 Å². The van der Waals surface area contributed by atoms with Crippen LogP contribution in [0.25, 0.3) is 11.4 Å². The van der Waals surface area contributed by atoms with Crippen LogP contribution in [0, 0.1) is 17.6 Å². The average Bonchev–Trinajstić information content (AvgIpc) is 3.34. The fourth-order valence-electron chi connectivity index (χ4n) is 2.96. The molecule has 24 heavy (non-hydrogen) atoms. The van der Waals surface area contributed by atoms with Crippen molar-refractivity contribution in [3.05, 3.63) is 34.6 Å². The Morgan fingerprint density at radius 2 is 2.29 bits per heavy atom. The van der Waals surface area contributed by atoms with E-state index in [0.29, 0.717) is 16.5 Å². The highest BCUT2D eigenvalue weighted by molar-refractivity contribution is 7.71. The Bertz CT molecular complexity index is 809. The molecule has 0 aliphatic heterocycles. The Hall–Kier alpha value is -1.99. The number of H-pyrrole nitrogens is 1. The molecular weight excluding hydrogens is 324 g/mol. The van der Waals surface area contributed by atoms with Crippen LogP contribution in [0.2, 0.25) is 0 Å². The Kier molecular flexibility index (Phi) is 4.56. The minimum atomic E-state index is -0.563. The lowest BCUT2D eigenvalue weighted by molar-refractivity contribution is -0.124. The number of carbonyl (C=O) groups is 1. The SMILES string of the molecule is Cc1cccc(-c2n[nH]c(=S)n2CC(=O)NC(C)(CO)C2CC2)c1. The number of nitrogens with one attached hydrogen (secondary N) is 2. The molecule has 0 spiro atoms. The van der Waals surface area contributed by atoms with E-state index in [1.165, 1.54) is 0 Å². The maximum absolute atomic E-state index is 12.5. The zero-order valence-electron chi connectivity index (χ0n) is 13.9. The van der Waals surface area contributed by atoms with Crippen LogP contribution in [0.5, 0.6) is 0 Å². The number of amides is 1. The van der Waals surface area contributed by atoms with Gasteiger partial charge in [0.05, 0.1) is 12.1 Å². The summed E-state index contributed by atoms with van der Waals surface area (Å²) in [6.45, 7) is 3.90. The van der Waals surface area contributed by atoms with E-state index in [0.717, 1.165) is 24.0 Å². The normalized spacial score (nSPS) is 16.6. The van der Waals surface area contributed by atoms with Crippen LogP contribution >= 0.6 is 12.2 Å².